The molecule has 0 saturated heterocycles. The lowest BCUT2D eigenvalue weighted by Gasteiger charge is -2.11. The number of rotatable bonds is 9. The molecule has 20 heavy (non-hydrogen) atoms. The quantitative estimate of drug-likeness (QED) is 0.682. The number of hydrogen-bond acceptors (Lipinski definition) is 2. The number of carboxylic acids is 1. The molecule has 1 amide bonds. The summed E-state index contributed by atoms with van der Waals surface area (Å²) in [5.41, 5.74) is 1.17. The first-order valence-electron chi connectivity index (χ1n) is 7.13. The summed E-state index contributed by atoms with van der Waals surface area (Å²) in [5, 5.41) is 11.4. The number of hydrogen-bond donors (Lipinski definition) is 2. The van der Waals surface area contributed by atoms with E-state index in [-0.39, 0.29) is 18.2 Å². The van der Waals surface area contributed by atoms with E-state index in [1.807, 2.05) is 37.3 Å². The Morgan fingerprint density at radius 1 is 1.15 bits per heavy atom. The van der Waals surface area contributed by atoms with Crippen molar-refractivity contribution >= 4 is 11.9 Å². The smallest absolute Gasteiger partial charge is 0.303 e. The Kier molecular flexibility index (Phi) is 7.40. The molecule has 0 saturated carbocycles. The van der Waals surface area contributed by atoms with Crippen molar-refractivity contribution in [3.05, 3.63) is 35.9 Å². The third-order valence-electron chi connectivity index (χ3n) is 3.25. The van der Waals surface area contributed by atoms with E-state index >= 15 is 0 Å². The van der Waals surface area contributed by atoms with Gasteiger partial charge < -0.3 is 10.4 Å². The van der Waals surface area contributed by atoms with Crippen LogP contribution in [0, 0.1) is 0 Å². The van der Waals surface area contributed by atoms with E-state index in [1.165, 1.54) is 5.56 Å². The van der Waals surface area contributed by atoms with Gasteiger partial charge in [-0.2, -0.15) is 0 Å². The highest BCUT2D eigenvalue weighted by Gasteiger charge is 2.10. The van der Waals surface area contributed by atoms with Gasteiger partial charge in [0.2, 0.25) is 5.91 Å². The molecule has 0 radical (unpaired) electrons. The summed E-state index contributed by atoms with van der Waals surface area (Å²) in [6.45, 7) is 2.67. The van der Waals surface area contributed by atoms with Gasteiger partial charge in [0.1, 0.15) is 0 Å². The minimum absolute atomic E-state index is 0.0552. The summed E-state index contributed by atoms with van der Waals surface area (Å²) < 4.78 is 0. The lowest BCUT2D eigenvalue weighted by atomic mass is 9.97. The van der Waals surface area contributed by atoms with Crippen LogP contribution in [0.3, 0.4) is 0 Å². The Bertz CT molecular complexity index is 417. The monoisotopic (exact) mass is 277 g/mol. The van der Waals surface area contributed by atoms with Gasteiger partial charge in [0.05, 0.1) is 0 Å². The molecular weight excluding hydrogens is 254 g/mol. The number of nitrogens with one attached hydrogen (secondary N) is 1. The van der Waals surface area contributed by atoms with Gasteiger partial charge in [-0.3, -0.25) is 9.59 Å². The number of unbranched alkanes of at least 4 members (excludes halogenated alkanes) is 2. The zero-order valence-corrected chi connectivity index (χ0v) is 12.0. The van der Waals surface area contributed by atoms with E-state index in [0.29, 0.717) is 19.4 Å². The SMILES string of the molecule is CC(CC(=O)NCCCCCC(=O)O)c1ccccc1. The maximum absolute atomic E-state index is 11.8. The number of carbonyl (C=O) groups excluding carboxylic acids is 1. The Morgan fingerprint density at radius 3 is 2.50 bits per heavy atom. The first-order chi connectivity index (χ1) is 9.59. The molecule has 4 nitrogen and oxygen atoms in total. The molecule has 1 aromatic rings. The van der Waals surface area contributed by atoms with Crippen molar-refractivity contribution in [2.75, 3.05) is 6.54 Å². The van der Waals surface area contributed by atoms with E-state index in [4.69, 9.17) is 5.11 Å². The number of carbonyl (C=O) groups is 2. The van der Waals surface area contributed by atoms with Crippen LogP contribution in [0.5, 0.6) is 0 Å². The molecule has 0 aliphatic carbocycles. The Labute approximate surface area is 120 Å². The fraction of sp³-hybridized carbons (Fsp3) is 0.500. The van der Waals surface area contributed by atoms with Crippen molar-refractivity contribution in [1.82, 2.24) is 5.32 Å². The molecule has 0 aliphatic heterocycles. The summed E-state index contributed by atoms with van der Waals surface area (Å²) in [7, 11) is 0. The van der Waals surface area contributed by atoms with Crippen LogP contribution in [0.25, 0.3) is 0 Å². The van der Waals surface area contributed by atoms with Crippen LogP contribution in [0.4, 0.5) is 0 Å². The van der Waals surface area contributed by atoms with E-state index in [2.05, 4.69) is 5.32 Å². The molecule has 0 spiro atoms. The molecule has 1 unspecified atom stereocenters. The van der Waals surface area contributed by atoms with Gasteiger partial charge in [-0.25, -0.2) is 0 Å². The van der Waals surface area contributed by atoms with Crippen LogP contribution in [-0.2, 0) is 9.59 Å². The molecule has 2 N–H and O–H groups in total. The second-order valence-electron chi connectivity index (χ2n) is 5.07. The molecular formula is C16H23NO3. The molecule has 1 rings (SSSR count). The van der Waals surface area contributed by atoms with E-state index in [1.54, 1.807) is 0 Å². The first kappa shape index (κ1) is 16.2. The predicted molar refractivity (Wildman–Crippen MR) is 78.6 cm³/mol. The zero-order chi connectivity index (χ0) is 14.8. The van der Waals surface area contributed by atoms with Crippen LogP contribution in [0.1, 0.15) is 50.5 Å². The summed E-state index contributed by atoms with van der Waals surface area (Å²) in [6, 6.07) is 9.99. The molecule has 0 aliphatic rings. The normalized spacial score (nSPS) is 11.8. The van der Waals surface area contributed by atoms with Crippen molar-refractivity contribution in [2.24, 2.45) is 0 Å². The second-order valence-corrected chi connectivity index (χ2v) is 5.07. The van der Waals surface area contributed by atoms with E-state index < -0.39 is 5.97 Å². The van der Waals surface area contributed by atoms with Gasteiger partial charge in [-0.1, -0.05) is 43.7 Å². The maximum atomic E-state index is 11.8. The lowest BCUT2D eigenvalue weighted by Crippen LogP contribution is -2.25. The highest BCUT2D eigenvalue weighted by molar-refractivity contribution is 5.76. The summed E-state index contributed by atoms with van der Waals surface area (Å²) >= 11 is 0. The fourth-order valence-electron chi connectivity index (χ4n) is 2.06. The van der Waals surface area contributed by atoms with Gasteiger partial charge in [-0.05, 0) is 24.3 Å². The van der Waals surface area contributed by atoms with Crippen molar-refractivity contribution in [3.8, 4) is 0 Å². The molecule has 1 aromatic carbocycles. The van der Waals surface area contributed by atoms with Gasteiger partial charge in [-0.15, -0.1) is 0 Å². The number of amides is 1. The number of carboxylic acid groups (broad SMARTS) is 1. The van der Waals surface area contributed by atoms with Crippen molar-refractivity contribution in [1.29, 1.82) is 0 Å². The third kappa shape index (κ3) is 6.92. The van der Waals surface area contributed by atoms with Crippen molar-refractivity contribution in [3.63, 3.8) is 0 Å². The van der Waals surface area contributed by atoms with Crippen molar-refractivity contribution in [2.45, 2.75) is 44.9 Å². The summed E-state index contributed by atoms with van der Waals surface area (Å²) in [5.74, 6) is -0.492. The largest absolute Gasteiger partial charge is 0.481 e. The standard InChI is InChI=1S/C16H23NO3/c1-13(14-8-4-2-5-9-14)12-15(18)17-11-7-3-6-10-16(19)20/h2,4-5,8-9,13H,3,6-7,10-12H2,1H3,(H,17,18)(H,19,20). The lowest BCUT2D eigenvalue weighted by molar-refractivity contribution is -0.137. The average molecular weight is 277 g/mol. The third-order valence-corrected chi connectivity index (χ3v) is 3.25. The summed E-state index contributed by atoms with van der Waals surface area (Å²) in [4.78, 5) is 22.1. The summed E-state index contributed by atoms with van der Waals surface area (Å²) in [6.07, 6.45) is 3.03. The highest BCUT2D eigenvalue weighted by atomic mass is 16.4. The molecule has 0 fully saturated rings. The van der Waals surface area contributed by atoms with Crippen LogP contribution >= 0.6 is 0 Å². The maximum Gasteiger partial charge on any atom is 0.303 e. The molecule has 110 valence electrons. The highest BCUT2D eigenvalue weighted by Crippen LogP contribution is 2.17. The van der Waals surface area contributed by atoms with Crippen LogP contribution < -0.4 is 5.32 Å². The van der Waals surface area contributed by atoms with Crippen LogP contribution in [0.15, 0.2) is 30.3 Å². The first-order valence-corrected chi connectivity index (χ1v) is 7.13. The fourth-order valence-corrected chi connectivity index (χ4v) is 2.06. The topological polar surface area (TPSA) is 66.4 Å². The van der Waals surface area contributed by atoms with Gasteiger partial charge in [0, 0.05) is 19.4 Å². The molecule has 0 aromatic heterocycles. The Hall–Kier alpha value is -1.84. The van der Waals surface area contributed by atoms with Crippen LogP contribution in [0.2, 0.25) is 0 Å². The van der Waals surface area contributed by atoms with Gasteiger partial charge >= 0.3 is 5.97 Å². The van der Waals surface area contributed by atoms with Crippen LogP contribution in [-0.4, -0.2) is 23.5 Å². The molecule has 0 bridgehead atoms. The average Bonchev–Trinajstić information content (AvgIpc) is 2.43. The number of aliphatic carboxylic acids is 1. The van der Waals surface area contributed by atoms with E-state index in [0.717, 1.165) is 12.8 Å². The minimum atomic E-state index is -0.759. The van der Waals surface area contributed by atoms with Gasteiger partial charge in [0.15, 0.2) is 0 Å². The zero-order valence-electron chi connectivity index (χ0n) is 12.0. The van der Waals surface area contributed by atoms with E-state index in [9.17, 15) is 9.59 Å². The molecule has 4 heteroatoms. The minimum Gasteiger partial charge on any atom is -0.481 e. The van der Waals surface area contributed by atoms with Gasteiger partial charge in [0.25, 0.3) is 0 Å². The molecule has 1 atom stereocenters. The van der Waals surface area contributed by atoms with Crippen molar-refractivity contribution < 1.29 is 14.7 Å². The second kappa shape index (κ2) is 9.13. The Balaban J connectivity index is 2.13. The Morgan fingerprint density at radius 2 is 1.85 bits per heavy atom. The molecule has 0 heterocycles. The number of benzene rings is 1. The predicted octanol–water partition coefficient (Wildman–Crippen LogP) is 2.94.